The molecule has 2 fully saturated rings. The number of halogens is 2. The molecule has 1 amide bonds. The standard InChI is InChI=1S/C12H16BrN3O3S2.ClH/c13-10-1-2-12(20-10)21(18,19)15-5-11(17)16-6-8-3-14-4-9(8)7-16;/h1-2,8-9,14-15H,3-7H2;1H/t8-,9+;. The van der Waals surface area contributed by atoms with Gasteiger partial charge in [0.2, 0.25) is 5.91 Å². The van der Waals surface area contributed by atoms with Gasteiger partial charge in [0, 0.05) is 26.2 Å². The average Bonchev–Trinajstić information content (AvgIpc) is 3.10. The van der Waals surface area contributed by atoms with Crippen LogP contribution in [0, 0.1) is 11.8 Å². The van der Waals surface area contributed by atoms with Crippen molar-refractivity contribution in [2.45, 2.75) is 4.21 Å². The predicted octanol–water partition coefficient (Wildman–Crippen LogP) is 0.888. The predicted molar refractivity (Wildman–Crippen MR) is 90.9 cm³/mol. The molecule has 3 heterocycles. The van der Waals surface area contributed by atoms with Crippen molar-refractivity contribution in [2.24, 2.45) is 11.8 Å². The third-order valence-electron chi connectivity index (χ3n) is 3.97. The average molecular weight is 431 g/mol. The molecule has 10 heteroatoms. The van der Waals surface area contributed by atoms with E-state index >= 15 is 0 Å². The third-order valence-corrected chi connectivity index (χ3v) is 7.49. The van der Waals surface area contributed by atoms with Gasteiger partial charge in [-0.05, 0) is 39.9 Å². The summed E-state index contributed by atoms with van der Waals surface area (Å²) in [7, 11) is -3.60. The Morgan fingerprint density at radius 2 is 2.00 bits per heavy atom. The molecule has 2 aliphatic rings. The molecule has 22 heavy (non-hydrogen) atoms. The van der Waals surface area contributed by atoms with E-state index in [1.54, 1.807) is 11.0 Å². The molecule has 124 valence electrons. The van der Waals surface area contributed by atoms with Crippen LogP contribution in [-0.2, 0) is 14.8 Å². The van der Waals surface area contributed by atoms with Crippen LogP contribution in [-0.4, -0.2) is 51.9 Å². The highest BCUT2D eigenvalue weighted by atomic mass is 79.9. The number of nitrogens with one attached hydrogen (secondary N) is 2. The monoisotopic (exact) mass is 429 g/mol. The molecule has 0 aromatic carbocycles. The summed E-state index contributed by atoms with van der Waals surface area (Å²) in [5.74, 6) is 0.876. The molecule has 2 atom stereocenters. The molecule has 0 aliphatic carbocycles. The zero-order valence-electron chi connectivity index (χ0n) is 11.6. The summed E-state index contributed by atoms with van der Waals surface area (Å²) in [4.78, 5) is 13.9. The number of nitrogens with zero attached hydrogens (tertiary/aromatic N) is 1. The Balaban J connectivity index is 0.00000176. The van der Waals surface area contributed by atoms with Gasteiger partial charge < -0.3 is 10.2 Å². The van der Waals surface area contributed by atoms with Crippen molar-refractivity contribution in [3.05, 3.63) is 15.9 Å². The summed E-state index contributed by atoms with van der Waals surface area (Å²) in [5.41, 5.74) is 0. The molecule has 2 N–H and O–H groups in total. The summed E-state index contributed by atoms with van der Waals surface area (Å²) < 4.78 is 27.5. The molecule has 0 bridgehead atoms. The highest BCUT2D eigenvalue weighted by molar-refractivity contribution is 9.11. The topological polar surface area (TPSA) is 78.5 Å². The van der Waals surface area contributed by atoms with E-state index in [-0.39, 0.29) is 29.1 Å². The molecule has 6 nitrogen and oxygen atoms in total. The van der Waals surface area contributed by atoms with E-state index in [1.165, 1.54) is 6.07 Å². The van der Waals surface area contributed by atoms with E-state index in [0.29, 0.717) is 11.8 Å². The number of carbonyl (C=O) groups is 1. The Labute approximate surface area is 148 Å². The van der Waals surface area contributed by atoms with E-state index < -0.39 is 10.0 Å². The van der Waals surface area contributed by atoms with Gasteiger partial charge in [-0.25, -0.2) is 13.1 Å². The molecular formula is C12H17BrClN3O3S2. The van der Waals surface area contributed by atoms with Gasteiger partial charge in [0.1, 0.15) is 4.21 Å². The molecule has 2 saturated heterocycles. The Morgan fingerprint density at radius 1 is 1.36 bits per heavy atom. The lowest BCUT2D eigenvalue weighted by molar-refractivity contribution is -0.129. The van der Waals surface area contributed by atoms with Crippen molar-refractivity contribution >= 4 is 55.6 Å². The molecule has 0 radical (unpaired) electrons. The SMILES string of the molecule is Cl.O=C(CNS(=O)(=O)c1ccc(Br)s1)N1C[C@H]2CNC[C@H]2C1. The van der Waals surface area contributed by atoms with Gasteiger partial charge in [-0.1, -0.05) is 0 Å². The highest BCUT2D eigenvalue weighted by Gasteiger charge is 2.38. The number of carbonyl (C=O) groups excluding carboxylic acids is 1. The van der Waals surface area contributed by atoms with Crippen LogP contribution in [0.15, 0.2) is 20.1 Å². The number of rotatable bonds is 4. The molecule has 2 aliphatic heterocycles. The van der Waals surface area contributed by atoms with Crippen LogP contribution in [0.1, 0.15) is 0 Å². The van der Waals surface area contributed by atoms with Crippen molar-refractivity contribution in [1.29, 1.82) is 0 Å². The quantitative estimate of drug-likeness (QED) is 0.743. The maximum absolute atomic E-state index is 12.1. The van der Waals surface area contributed by atoms with Crippen LogP contribution in [0.4, 0.5) is 0 Å². The lowest BCUT2D eigenvalue weighted by Crippen LogP contribution is -2.40. The number of sulfonamides is 1. The minimum atomic E-state index is -3.60. The van der Waals surface area contributed by atoms with Crippen molar-refractivity contribution in [1.82, 2.24) is 14.9 Å². The lowest BCUT2D eigenvalue weighted by atomic mass is 10.0. The first-order valence-electron chi connectivity index (χ1n) is 6.69. The summed E-state index contributed by atoms with van der Waals surface area (Å²) in [6.45, 7) is 3.17. The fourth-order valence-corrected chi connectivity index (χ4v) is 5.87. The first-order chi connectivity index (χ1) is 9.95. The molecule has 0 spiro atoms. The number of thiophene rings is 1. The second kappa shape index (κ2) is 7.14. The highest BCUT2D eigenvalue weighted by Crippen LogP contribution is 2.27. The summed E-state index contributed by atoms with van der Waals surface area (Å²) >= 11 is 4.36. The van der Waals surface area contributed by atoms with Crippen LogP contribution in [0.2, 0.25) is 0 Å². The smallest absolute Gasteiger partial charge is 0.250 e. The molecule has 3 rings (SSSR count). The molecule has 1 aromatic heterocycles. The molecule has 0 unspecified atom stereocenters. The first kappa shape index (κ1) is 18.2. The van der Waals surface area contributed by atoms with Gasteiger partial charge in [0.25, 0.3) is 10.0 Å². The summed E-state index contributed by atoms with van der Waals surface area (Å²) in [5, 5.41) is 3.31. The largest absolute Gasteiger partial charge is 0.341 e. The van der Waals surface area contributed by atoms with Crippen LogP contribution >= 0.6 is 39.7 Å². The Kier molecular flexibility index (Phi) is 5.89. The van der Waals surface area contributed by atoms with E-state index in [9.17, 15) is 13.2 Å². The molecule has 1 aromatic rings. The fraction of sp³-hybridized carbons (Fsp3) is 0.583. The second-order valence-electron chi connectivity index (χ2n) is 5.36. The van der Waals surface area contributed by atoms with Gasteiger partial charge in [-0.2, -0.15) is 0 Å². The van der Waals surface area contributed by atoms with Gasteiger partial charge >= 0.3 is 0 Å². The van der Waals surface area contributed by atoms with Crippen LogP contribution in [0.3, 0.4) is 0 Å². The second-order valence-corrected chi connectivity index (χ2v) is 9.82. The van der Waals surface area contributed by atoms with Crippen molar-refractivity contribution < 1.29 is 13.2 Å². The number of amides is 1. The van der Waals surface area contributed by atoms with Crippen molar-refractivity contribution in [3.8, 4) is 0 Å². The number of hydrogen-bond acceptors (Lipinski definition) is 5. The van der Waals surface area contributed by atoms with E-state index in [4.69, 9.17) is 0 Å². The third kappa shape index (κ3) is 3.82. The van der Waals surface area contributed by atoms with Crippen LogP contribution in [0.5, 0.6) is 0 Å². The number of likely N-dealkylation sites (tertiary alicyclic amines) is 1. The number of fused-ring (bicyclic) bond motifs is 1. The van der Waals surface area contributed by atoms with Crippen LogP contribution < -0.4 is 10.0 Å². The molecular weight excluding hydrogens is 414 g/mol. The van der Waals surface area contributed by atoms with Crippen molar-refractivity contribution in [2.75, 3.05) is 32.7 Å². The zero-order chi connectivity index (χ0) is 15.0. The summed E-state index contributed by atoms with van der Waals surface area (Å²) in [6, 6.07) is 3.20. The van der Waals surface area contributed by atoms with Crippen LogP contribution in [0.25, 0.3) is 0 Å². The van der Waals surface area contributed by atoms with E-state index in [1.807, 2.05) is 0 Å². The van der Waals surface area contributed by atoms with E-state index in [0.717, 1.165) is 41.3 Å². The van der Waals surface area contributed by atoms with Crippen molar-refractivity contribution in [3.63, 3.8) is 0 Å². The lowest BCUT2D eigenvalue weighted by Gasteiger charge is -2.17. The normalized spacial score (nSPS) is 24.1. The summed E-state index contributed by atoms with van der Waals surface area (Å²) in [6.07, 6.45) is 0. The Bertz CT molecular complexity index is 640. The maximum Gasteiger partial charge on any atom is 0.250 e. The maximum atomic E-state index is 12.1. The Hall–Kier alpha value is -0.190. The minimum Gasteiger partial charge on any atom is -0.341 e. The zero-order valence-corrected chi connectivity index (χ0v) is 15.7. The minimum absolute atomic E-state index is 0. The van der Waals surface area contributed by atoms with Gasteiger partial charge in [-0.3, -0.25) is 4.79 Å². The fourth-order valence-electron chi connectivity index (χ4n) is 2.84. The van der Waals surface area contributed by atoms with Gasteiger partial charge in [0.05, 0.1) is 10.3 Å². The van der Waals surface area contributed by atoms with Gasteiger partial charge in [0.15, 0.2) is 0 Å². The Morgan fingerprint density at radius 3 is 2.55 bits per heavy atom. The first-order valence-corrected chi connectivity index (χ1v) is 9.78. The number of hydrogen-bond donors (Lipinski definition) is 2. The van der Waals surface area contributed by atoms with Gasteiger partial charge in [-0.15, -0.1) is 23.7 Å². The van der Waals surface area contributed by atoms with E-state index in [2.05, 4.69) is 26.0 Å². The molecule has 0 saturated carbocycles.